The fourth-order valence-electron chi connectivity index (χ4n) is 3.15. The zero-order valence-electron chi connectivity index (χ0n) is 16.1. The Morgan fingerprint density at radius 1 is 0.893 bits per heavy atom. The molecule has 0 saturated heterocycles. The Balaban J connectivity index is 1.87. The molecule has 0 unspecified atom stereocenters. The van der Waals surface area contributed by atoms with Gasteiger partial charge in [0.2, 0.25) is 0 Å². The Kier molecular flexibility index (Phi) is 4.62. The number of ketones is 1. The van der Waals surface area contributed by atoms with Crippen molar-refractivity contribution in [1.82, 2.24) is 0 Å². The maximum atomic E-state index is 12.1. The Bertz CT molecular complexity index is 1130. The van der Waals surface area contributed by atoms with E-state index >= 15 is 0 Å². The van der Waals surface area contributed by atoms with Crippen molar-refractivity contribution < 1.29 is 9.21 Å². The number of para-hydroxylation sites is 1. The molecule has 1 aromatic heterocycles. The first-order chi connectivity index (χ1) is 13.5. The van der Waals surface area contributed by atoms with Crippen LogP contribution in [0.1, 0.15) is 25.2 Å². The molecule has 1 heterocycles. The van der Waals surface area contributed by atoms with Crippen LogP contribution in [-0.4, -0.2) is 5.78 Å². The average molecular weight is 368 g/mol. The molecule has 0 atom stereocenters. The summed E-state index contributed by atoms with van der Waals surface area (Å²) in [6, 6.07) is 17.6. The van der Waals surface area contributed by atoms with Crippen molar-refractivity contribution in [3.63, 3.8) is 0 Å². The summed E-state index contributed by atoms with van der Waals surface area (Å²) in [6.07, 6.45) is 3.68. The van der Waals surface area contributed by atoms with Gasteiger partial charge in [0.05, 0.1) is 5.69 Å². The van der Waals surface area contributed by atoms with Crippen molar-refractivity contribution in [3.8, 4) is 0 Å². The second-order valence-corrected chi connectivity index (χ2v) is 6.97. The van der Waals surface area contributed by atoms with E-state index < -0.39 is 0 Å². The first-order valence-electron chi connectivity index (χ1n) is 9.14. The van der Waals surface area contributed by atoms with Gasteiger partial charge in [-0.2, -0.15) is 5.11 Å². The number of aryl methyl sites for hydroxylation is 1. The molecule has 1 aliphatic carbocycles. The van der Waals surface area contributed by atoms with E-state index in [0.717, 1.165) is 27.8 Å². The molecule has 138 valence electrons. The van der Waals surface area contributed by atoms with E-state index in [2.05, 4.69) is 10.2 Å². The summed E-state index contributed by atoms with van der Waals surface area (Å²) in [7, 11) is 0. The Labute approximate surface area is 163 Å². The lowest BCUT2D eigenvalue weighted by atomic mass is 9.94. The highest BCUT2D eigenvalue weighted by atomic mass is 16.3. The maximum absolute atomic E-state index is 12.1. The number of carbonyl (C=O) groups is 1. The molecule has 0 fully saturated rings. The second-order valence-electron chi connectivity index (χ2n) is 6.97. The number of benzene rings is 2. The van der Waals surface area contributed by atoms with E-state index in [1.54, 1.807) is 0 Å². The summed E-state index contributed by atoms with van der Waals surface area (Å²) in [5.74, 6) is 0.665. The number of allylic oxidation sites excluding steroid dienone is 5. The van der Waals surface area contributed by atoms with Crippen molar-refractivity contribution in [3.05, 3.63) is 94.8 Å². The lowest BCUT2D eigenvalue weighted by Crippen LogP contribution is -2.06. The third-order valence-electron chi connectivity index (χ3n) is 4.69. The van der Waals surface area contributed by atoms with Gasteiger partial charge in [0.25, 0.3) is 0 Å². The van der Waals surface area contributed by atoms with Gasteiger partial charge >= 0.3 is 0 Å². The standard InChI is InChI=1S/C24H20N2O2/c1-15-8-10-20(11-9-15)25-26-23(19-12-16(2)24(27)17(3)13-19)22-14-18-6-4-5-7-21(18)28-22/h4-14H,1-3H3. The summed E-state index contributed by atoms with van der Waals surface area (Å²) in [6.45, 7) is 5.65. The number of hydrogen-bond acceptors (Lipinski definition) is 4. The maximum Gasteiger partial charge on any atom is 0.184 e. The molecule has 0 amide bonds. The number of fused-ring (bicyclic) bond motifs is 1. The van der Waals surface area contributed by atoms with Gasteiger partial charge in [-0.25, -0.2) is 0 Å². The highest BCUT2D eigenvalue weighted by molar-refractivity contribution is 6.10. The fraction of sp³-hybridized carbons (Fsp3) is 0.125. The van der Waals surface area contributed by atoms with Crippen LogP contribution in [0.4, 0.5) is 5.69 Å². The van der Waals surface area contributed by atoms with E-state index in [0.29, 0.717) is 22.6 Å². The molecule has 0 radical (unpaired) electrons. The highest BCUT2D eigenvalue weighted by Crippen LogP contribution is 2.32. The predicted molar refractivity (Wildman–Crippen MR) is 111 cm³/mol. The molecule has 4 heteroatoms. The number of Topliss-reactive ketones (excluding diaryl/α,β-unsaturated/α-hetero) is 1. The van der Waals surface area contributed by atoms with Gasteiger partial charge < -0.3 is 4.42 Å². The highest BCUT2D eigenvalue weighted by Gasteiger charge is 2.18. The summed E-state index contributed by atoms with van der Waals surface area (Å²) in [5, 5.41) is 9.91. The molecule has 1 aliphatic rings. The van der Waals surface area contributed by atoms with Crippen LogP contribution >= 0.6 is 0 Å². The molecular formula is C24H20N2O2. The van der Waals surface area contributed by atoms with Crippen molar-refractivity contribution in [2.75, 3.05) is 0 Å². The van der Waals surface area contributed by atoms with Crippen LogP contribution in [0, 0.1) is 6.92 Å². The molecule has 0 aliphatic heterocycles. The van der Waals surface area contributed by atoms with Crippen LogP contribution in [-0.2, 0) is 4.79 Å². The number of azo groups is 1. The van der Waals surface area contributed by atoms with Gasteiger partial charge in [-0.15, -0.1) is 5.11 Å². The van der Waals surface area contributed by atoms with Gasteiger partial charge in [0, 0.05) is 11.0 Å². The summed E-state index contributed by atoms with van der Waals surface area (Å²) in [5.41, 5.74) is 5.47. The van der Waals surface area contributed by atoms with Crippen LogP contribution in [0.3, 0.4) is 0 Å². The van der Waals surface area contributed by atoms with Gasteiger partial charge in [0.15, 0.2) is 11.5 Å². The minimum Gasteiger partial charge on any atom is -0.454 e. The predicted octanol–water partition coefficient (Wildman–Crippen LogP) is 6.71. The van der Waals surface area contributed by atoms with E-state index in [1.165, 1.54) is 0 Å². The lowest BCUT2D eigenvalue weighted by Gasteiger charge is -2.11. The van der Waals surface area contributed by atoms with Crippen LogP contribution < -0.4 is 0 Å². The SMILES string of the molecule is CC1=CC(=C(N=Nc2ccc(C)cc2)c2cc3ccccc3o2)C=C(C)C1=O. The molecule has 0 bridgehead atoms. The van der Waals surface area contributed by atoms with Gasteiger partial charge in [-0.3, -0.25) is 4.79 Å². The summed E-state index contributed by atoms with van der Waals surface area (Å²) >= 11 is 0. The van der Waals surface area contributed by atoms with Crippen molar-refractivity contribution in [2.24, 2.45) is 10.2 Å². The second kappa shape index (κ2) is 7.24. The molecule has 4 rings (SSSR count). The first kappa shape index (κ1) is 17.9. The summed E-state index contributed by atoms with van der Waals surface area (Å²) in [4.78, 5) is 12.1. The monoisotopic (exact) mass is 368 g/mol. The van der Waals surface area contributed by atoms with E-state index in [4.69, 9.17) is 4.42 Å². The van der Waals surface area contributed by atoms with Crippen molar-refractivity contribution >= 4 is 28.1 Å². The average Bonchev–Trinajstić information content (AvgIpc) is 3.11. The van der Waals surface area contributed by atoms with E-state index in [-0.39, 0.29) is 5.78 Å². The molecule has 2 aromatic carbocycles. The summed E-state index contributed by atoms with van der Waals surface area (Å²) < 4.78 is 6.03. The van der Waals surface area contributed by atoms with Gasteiger partial charge in [0.1, 0.15) is 11.3 Å². The largest absolute Gasteiger partial charge is 0.454 e. The number of furan rings is 1. The third kappa shape index (κ3) is 3.49. The molecular weight excluding hydrogens is 348 g/mol. The van der Waals surface area contributed by atoms with Crippen molar-refractivity contribution in [2.45, 2.75) is 20.8 Å². The number of carbonyl (C=O) groups excluding carboxylic acids is 1. The molecule has 0 saturated carbocycles. The van der Waals surface area contributed by atoms with E-state index in [1.807, 2.05) is 87.5 Å². The minimum absolute atomic E-state index is 0.0446. The molecule has 0 spiro atoms. The number of hydrogen-bond donors (Lipinski definition) is 0. The van der Waals surface area contributed by atoms with Crippen LogP contribution in [0.25, 0.3) is 16.7 Å². The van der Waals surface area contributed by atoms with Crippen molar-refractivity contribution in [1.29, 1.82) is 0 Å². The zero-order chi connectivity index (χ0) is 19.7. The Hall–Kier alpha value is -3.53. The minimum atomic E-state index is 0.0446. The molecule has 0 N–H and O–H groups in total. The van der Waals surface area contributed by atoms with Gasteiger partial charge in [-0.1, -0.05) is 35.9 Å². The Morgan fingerprint density at radius 2 is 1.57 bits per heavy atom. The topological polar surface area (TPSA) is 54.9 Å². The number of rotatable bonds is 3. The van der Waals surface area contributed by atoms with Crippen LogP contribution in [0.2, 0.25) is 0 Å². The molecule has 3 aromatic rings. The molecule has 4 nitrogen and oxygen atoms in total. The zero-order valence-corrected chi connectivity index (χ0v) is 16.1. The van der Waals surface area contributed by atoms with E-state index in [9.17, 15) is 4.79 Å². The van der Waals surface area contributed by atoms with Crippen LogP contribution in [0.15, 0.2) is 98.1 Å². The molecule has 28 heavy (non-hydrogen) atoms. The fourth-order valence-corrected chi connectivity index (χ4v) is 3.15. The van der Waals surface area contributed by atoms with Gasteiger partial charge in [-0.05, 0) is 68.3 Å². The first-order valence-corrected chi connectivity index (χ1v) is 9.14. The van der Waals surface area contributed by atoms with Crippen LogP contribution in [0.5, 0.6) is 0 Å². The Morgan fingerprint density at radius 3 is 2.25 bits per heavy atom. The normalized spacial score (nSPS) is 14.5. The quantitative estimate of drug-likeness (QED) is 0.482. The third-order valence-corrected chi connectivity index (χ3v) is 4.69. The lowest BCUT2D eigenvalue weighted by molar-refractivity contribution is -0.112. The smallest absolute Gasteiger partial charge is 0.184 e. The number of nitrogens with zero attached hydrogens (tertiary/aromatic N) is 2.